The van der Waals surface area contributed by atoms with Crippen LogP contribution in [0.25, 0.3) is 0 Å². The second kappa shape index (κ2) is 4.67. The summed E-state index contributed by atoms with van der Waals surface area (Å²) in [6.45, 7) is 2.48. The smallest absolute Gasteiger partial charge is 0.166 e. The Morgan fingerprint density at radius 1 is 1.24 bits per heavy atom. The zero-order valence-corrected chi connectivity index (χ0v) is 11.5. The highest BCUT2D eigenvalue weighted by atomic mass is 79.9. The summed E-state index contributed by atoms with van der Waals surface area (Å²) in [5.41, 5.74) is 2.19. The largest absolute Gasteiger partial charge is 0.486 e. The third-order valence-corrected chi connectivity index (χ3v) is 4.06. The quantitative estimate of drug-likeness (QED) is 0.688. The van der Waals surface area contributed by atoms with Crippen LogP contribution in [-0.4, -0.2) is 26.4 Å². The van der Waals surface area contributed by atoms with Gasteiger partial charge < -0.3 is 14.2 Å². The van der Waals surface area contributed by atoms with Crippen molar-refractivity contribution in [2.24, 2.45) is 0 Å². The summed E-state index contributed by atoms with van der Waals surface area (Å²) < 4.78 is 16.9. The Balaban J connectivity index is 2.19. The van der Waals surface area contributed by atoms with Crippen LogP contribution >= 0.6 is 27.5 Å². The van der Waals surface area contributed by atoms with Gasteiger partial charge in [0, 0.05) is 16.7 Å². The lowest BCUT2D eigenvalue weighted by molar-refractivity contribution is 0.144. The van der Waals surface area contributed by atoms with Gasteiger partial charge in [-0.1, -0.05) is 27.5 Å². The van der Waals surface area contributed by atoms with Gasteiger partial charge in [-0.25, -0.2) is 0 Å². The molecule has 3 nitrogen and oxygen atoms in total. The molecule has 0 N–H and O–H groups in total. The van der Waals surface area contributed by atoms with E-state index in [4.69, 9.17) is 25.8 Å². The maximum absolute atomic E-state index is 6.31. The average molecular weight is 320 g/mol. The lowest BCUT2D eigenvalue weighted by Gasteiger charge is -2.24. The van der Waals surface area contributed by atoms with Crippen LogP contribution in [0.4, 0.5) is 0 Å². The molecule has 1 aromatic carbocycles. The predicted molar refractivity (Wildman–Crippen MR) is 68.6 cm³/mol. The fraction of sp³-hybridized carbons (Fsp3) is 0.500. The molecule has 2 heterocycles. The predicted octanol–water partition coefficient (Wildman–Crippen LogP) is 3.12. The molecule has 0 saturated carbocycles. The van der Waals surface area contributed by atoms with E-state index in [1.54, 1.807) is 0 Å². The second-order valence-electron chi connectivity index (χ2n) is 4.07. The van der Waals surface area contributed by atoms with Gasteiger partial charge in [0.1, 0.15) is 13.2 Å². The second-order valence-corrected chi connectivity index (χ2v) is 5.58. The molecule has 1 atom stereocenters. The van der Waals surface area contributed by atoms with Crippen LogP contribution in [-0.2, 0) is 11.2 Å². The molecular weight excluding hydrogens is 307 g/mol. The summed E-state index contributed by atoms with van der Waals surface area (Å²) in [6.07, 6.45) is 0.812. The Morgan fingerprint density at radius 3 is 2.94 bits per heavy atom. The molecule has 0 bridgehead atoms. The molecule has 0 saturated heterocycles. The topological polar surface area (TPSA) is 27.7 Å². The highest BCUT2D eigenvalue weighted by Crippen LogP contribution is 2.46. The number of hydrogen-bond donors (Lipinski definition) is 0. The number of hydrogen-bond acceptors (Lipinski definition) is 3. The van der Waals surface area contributed by atoms with Crippen LogP contribution in [0.2, 0.25) is 5.02 Å². The monoisotopic (exact) mass is 318 g/mol. The summed E-state index contributed by atoms with van der Waals surface area (Å²) in [5.74, 6) is 1.56. The van der Waals surface area contributed by atoms with Gasteiger partial charge in [0.2, 0.25) is 0 Å². The lowest BCUT2D eigenvalue weighted by atomic mass is 10.0. The fourth-order valence-corrected chi connectivity index (χ4v) is 3.21. The first-order valence-electron chi connectivity index (χ1n) is 5.60. The van der Waals surface area contributed by atoms with Crippen LogP contribution < -0.4 is 9.47 Å². The molecule has 2 aliphatic rings. The maximum Gasteiger partial charge on any atom is 0.166 e. The number of rotatable bonds is 0. The highest BCUT2D eigenvalue weighted by molar-refractivity contribution is 9.09. The maximum atomic E-state index is 6.31. The molecule has 5 heteroatoms. The van der Waals surface area contributed by atoms with E-state index >= 15 is 0 Å². The van der Waals surface area contributed by atoms with Crippen molar-refractivity contribution in [3.8, 4) is 11.5 Å². The summed E-state index contributed by atoms with van der Waals surface area (Å²) in [5, 5.41) is 0.735. The minimum Gasteiger partial charge on any atom is -0.486 e. The van der Waals surface area contributed by atoms with E-state index in [9.17, 15) is 0 Å². The average Bonchev–Trinajstić information content (AvgIpc) is 2.52. The summed E-state index contributed by atoms with van der Waals surface area (Å²) >= 11 is 9.94. The van der Waals surface area contributed by atoms with Gasteiger partial charge >= 0.3 is 0 Å². The van der Waals surface area contributed by atoms with Crippen molar-refractivity contribution in [3.05, 3.63) is 22.2 Å². The van der Waals surface area contributed by atoms with Crippen molar-refractivity contribution >= 4 is 27.5 Å². The van der Waals surface area contributed by atoms with Crippen molar-refractivity contribution < 1.29 is 14.2 Å². The van der Waals surface area contributed by atoms with E-state index in [2.05, 4.69) is 15.9 Å². The van der Waals surface area contributed by atoms with Gasteiger partial charge in [-0.05, 0) is 12.0 Å². The molecule has 0 aromatic heterocycles. The van der Waals surface area contributed by atoms with Crippen LogP contribution in [0.15, 0.2) is 6.07 Å². The normalized spacial score (nSPS) is 22.8. The molecule has 0 fully saturated rings. The Kier molecular flexibility index (Phi) is 3.19. The zero-order chi connectivity index (χ0) is 11.8. The summed E-state index contributed by atoms with van der Waals surface area (Å²) in [4.78, 5) is 0.106. The molecule has 17 heavy (non-hydrogen) atoms. The van der Waals surface area contributed by atoms with Crippen molar-refractivity contribution in [3.63, 3.8) is 0 Å². The summed E-state index contributed by atoms with van der Waals surface area (Å²) in [6, 6.07) is 1.85. The zero-order valence-electron chi connectivity index (χ0n) is 9.17. The first kappa shape index (κ1) is 11.6. The van der Waals surface area contributed by atoms with Crippen molar-refractivity contribution in [1.82, 2.24) is 0 Å². The third-order valence-electron chi connectivity index (χ3n) is 3.00. The van der Waals surface area contributed by atoms with Crippen LogP contribution in [0.5, 0.6) is 11.5 Å². The van der Waals surface area contributed by atoms with Crippen molar-refractivity contribution in [2.75, 3.05) is 26.4 Å². The minimum absolute atomic E-state index is 0.106. The fourth-order valence-electron chi connectivity index (χ4n) is 2.25. The SMILES string of the molecule is Clc1cc2c(c3c1CCOCC3Br)OCCO2. The van der Waals surface area contributed by atoms with Gasteiger partial charge in [-0.3, -0.25) is 0 Å². The molecular formula is C12H12BrClO3. The molecule has 3 rings (SSSR count). The molecule has 0 aliphatic carbocycles. The Hall–Kier alpha value is -0.450. The van der Waals surface area contributed by atoms with Crippen LogP contribution in [0.1, 0.15) is 16.0 Å². The van der Waals surface area contributed by atoms with Crippen molar-refractivity contribution in [1.29, 1.82) is 0 Å². The lowest BCUT2D eigenvalue weighted by Crippen LogP contribution is -2.18. The van der Waals surface area contributed by atoms with E-state index in [0.717, 1.165) is 34.1 Å². The number of ether oxygens (including phenoxy) is 3. The standard InChI is InChI=1S/C12H12BrClO3/c13-8-6-15-2-1-7-9(14)5-10-12(11(7)8)17-4-3-16-10/h5,8H,1-4,6H2. The van der Waals surface area contributed by atoms with E-state index in [-0.39, 0.29) is 4.83 Å². The highest BCUT2D eigenvalue weighted by Gasteiger charge is 2.28. The molecule has 0 radical (unpaired) electrons. The molecule has 1 unspecified atom stereocenters. The molecule has 2 aliphatic heterocycles. The van der Waals surface area contributed by atoms with Gasteiger partial charge in [-0.2, -0.15) is 0 Å². The summed E-state index contributed by atoms with van der Waals surface area (Å²) in [7, 11) is 0. The van der Waals surface area contributed by atoms with E-state index in [1.807, 2.05) is 6.07 Å². The molecule has 0 amide bonds. The molecule has 0 spiro atoms. The van der Waals surface area contributed by atoms with Gasteiger partial charge in [0.25, 0.3) is 0 Å². The molecule has 1 aromatic rings. The van der Waals surface area contributed by atoms with E-state index in [1.165, 1.54) is 0 Å². The van der Waals surface area contributed by atoms with Crippen molar-refractivity contribution in [2.45, 2.75) is 11.2 Å². The van der Waals surface area contributed by atoms with Gasteiger partial charge in [-0.15, -0.1) is 0 Å². The van der Waals surface area contributed by atoms with Gasteiger partial charge in [0.15, 0.2) is 11.5 Å². The first-order valence-corrected chi connectivity index (χ1v) is 6.89. The number of benzene rings is 1. The Labute approximate surface area is 113 Å². The van der Waals surface area contributed by atoms with Crippen LogP contribution in [0.3, 0.4) is 0 Å². The minimum atomic E-state index is 0.106. The third kappa shape index (κ3) is 2.02. The Bertz CT molecular complexity index is 450. The molecule has 92 valence electrons. The van der Waals surface area contributed by atoms with E-state index < -0.39 is 0 Å². The van der Waals surface area contributed by atoms with E-state index in [0.29, 0.717) is 26.4 Å². The first-order chi connectivity index (χ1) is 8.27. The Morgan fingerprint density at radius 2 is 2.06 bits per heavy atom. The van der Waals surface area contributed by atoms with Gasteiger partial charge in [0.05, 0.1) is 18.0 Å². The number of halogens is 2. The van der Waals surface area contributed by atoms with Crippen LogP contribution in [0, 0.1) is 0 Å². The number of alkyl halides is 1. The number of fused-ring (bicyclic) bond motifs is 3.